The third-order valence-electron chi connectivity index (χ3n) is 4.21. The van der Waals surface area contributed by atoms with Gasteiger partial charge >= 0.3 is 0 Å². The molecule has 106 valence electrons. The molecule has 1 saturated heterocycles. The van der Waals surface area contributed by atoms with Crippen molar-refractivity contribution in [1.82, 2.24) is 9.47 Å². The summed E-state index contributed by atoms with van der Waals surface area (Å²) in [5, 5.41) is 0. The summed E-state index contributed by atoms with van der Waals surface area (Å²) in [4.78, 5) is 2.62. The smallest absolute Gasteiger partial charge is 0.119 e. The standard InChI is InChI=1S/C16H28N2Si/c1-5-15-8-6-7-9-16(15)14-17-10-12-18(13-11-17)19(2,3)4/h6-9H,5,10-14H2,1-4H3. The molecule has 0 spiro atoms. The Hall–Kier alpha value is -0.643. The van der Waals surface area contributed by atoms with E-state index >= 15 is 0 Å². The van der Waals surface area contributed by atoms with Gasteiger partial charge in [0, 0.05) is 32.7 Å². The first-order valence-corrected chi connectivity index (χ1v) is 11.0. The van der Waals surface area contributed by atoms with Gasteiger partial charge in [-0.15, -0.1) is 0 Å². The molecular formula is C16H28N2Si. The summed E-state index contributed by atoms with van der Waals surface area (Å²) in [5.41, 5.74) is 3.03. The van der Waals surface area contributed by atoms with Gasteiger partial charge in [-0.2, -0.15) is 0 Å². The summed E-state index contributed by atoms with van der Waals surface area (Å²) in [6, 6.07) is 8.90. The van der Waals surface area contributed by atoms with Crippen molar-refractivity contribution in [2.24, 2.45) is 0 Å². The number of hydrogen-bond donors (Lipinski definition) is 0. The van der Waals surface area contributed by atoms with E-state index in [-0.39, 0.29) is 0 Å². The maximum absolute atomic E-state index is 2.73. The van der Waals surface area contributed by atoms with Crippen LogP contribution in [0.4, 0.5) is 0 Å². The van der Waals surface area contributed by atoms with Crippen molar-refractivity contribution in [3.05, 3.63) is 35.4 Å². The molecule has 0 bridgehead atoms. The van der Waals surface area contributed by atoms with E-state index in [0.717, 1.165) is 13.0 Å². The fourth-order valence-electron chi connectivity index (χ4n) is 2.87. The molecule has 1 aromatic rings. The second-order valence-corrected chi connectivity index (χ2v) is 11.5. The molecule has 0 amide bonds. The summed E-state index contributed by atoms with van der Waals surface area (Å²) in [5.74, 6) is 0. The Labute approximate surface area is 119 Å². The van der Waals surface area contributed by atoms with E-state index in [1.54, 1.807) is 0 Å². The fourth-order valence-corrected chi connectivity index (χ4v) is 4.42. The molecule has 1 heterocycles. The van der Waals surface area contributed by atoms with Crippen molar-refractivity contribution in [2.75, 3.05) is 26.2 Å². The minimum absolute atomic E-state index is 1.09. The van der Waals surface area contributed by atoms with Crippen LogP contribution in [0.5, 0.6) is 0 Å². The van der Waals surface area contributed by atoms with Gasteiger partial charge in [-0.3, -0.25) is 4.90 Å². The molecule has 0 aliphatic carbocycles. The molecule has 0 radical (unpaired) electrons. The van der Waals surface area contributed by atoms with E-state index in [9.17, 15) is 0 Å². The van der Waals surface area contributed by atoms with E-state index in [2.05, 4.69) is 60.3 Å². The predicted molar refractivity (Wildman–Crippen MR) is 86.0 cm³/mol. The summed E-state index contributed by atoms with van der Waals surface area (Å²) >= 11 is 0. The molecule has 19 heavy (non-hydrogen) atoms. The molecule has 2 rings (SSSR count). The SMILES string of the molecule is CCc1ccccc1CN1CCN([Si](C)(C)C)CC1. The van der Waals surface area contributed by atoms with Gasteiger partial charge in [0.25, 0.3) is 0 Å². The van der Waals surface area contributed by atoms with Crippen molar-refractivity contribution in [3.63, 3.8) is 0 Å². The highest BCUT2D eigenvalue weighted by Gasteiger charge is 2.27. The van der Waals surface area contributed by atoms with Gasteiger partial charge in [-0.1, -0.05) is 50.8 Å². The van der Waals surface area contributed by atoms with Gasteiger partial charge in [0.15, 0.2) is 0 Å². The Balaban J connectivity index is 1.92. The average molecular weight is 276 g/mol. The quantitative estimate of drug-likeness (QED) is 0.779. The molecule has 0 atom stereocenters. The monoisotopic (exact) mass is 276 g/mol. The van der Waals surface area contributed by atoms with Crippen LogP contribution in [0.3, 0.4) is 0 Å². The first-order chi connectivity index (χ1) is 9.00. The summed E-state index contributed by atoms with van der Waals surface area (Å²) in [6.45, 7) is 15.7. The zero-order chi connectivity index (χ0) is 13.9. The molecule has 0 aromatic heterocycles. The van der Waals surface area contributed by atoms with Crippen LogP contribution in [0.25, 0.3) is 0 Å². The second kappa shape index (κ2) is 6.20. The second-order valence-electron chi connectivity index (χ2n) is 6.56. The van der Waals surface area contributed by atoms with Crippen LogP contribution in [0.15, 0.2) is 24.3 Å². The van der Waals surface area contributed by atoms with E-state index < -0.39 is 8.24 Å². The molecular weight excluding hydrogens is 248 g/mol. The lowest BCUT2D eigenvalue weighted by Gasteiger charge is -2.41. The van der Waals surface area contributed by atoms with Crippen LogP contribution in [-0.2, 0) is 13.0 Å². The minimum Gasteiger partial charge on any atom is -0.321 e. The maximum atomic E-state index is 2.73. The van der Waals surface area contributed by atoms with Crippen molar-refractivity contribution in [2.45, 2.75) is 39.5 Å². The number of aryl methyl sites for hydroxylation is 1. The van der Waals surface area contributed by atoms with Crippen LogP contribution < -0.4 is 0 Å². The number of nitrogens with zero attached hydrogens (tertiary/aromatic N) is 2. The van der Waals surface area contributed by atoms with Gasteiger partial charge in [0.05, 0.1) is 0 Å². The molecule has 0 unspecified atom stereocenters. The Morgan fingerprint density at radius 3 is 2.05 bits per heavy atom. The Bertz CT molecular complexity index is 403. The number of hydrogen-bond acceptors (Lipinski definition) is 2. The summed E-state index contributed by atoms with van der Waals surface area (Å²) in [7, 11) is -1.09. The van der Waals surface area contributed by atoms with Crippen LogP contribution in [0, 0.1) is 0 Å². The first-order valence-electron chi connectivity index (χ1n) is 7.55. The third-order valence-corrected chi connectivity index (χ3v) is 6.56. The fraction of sp³-hybridized carbons (Fsp3) is 0.625. The van der Waals surface area contributed by atoms with Crippen molar-refractivity contribution in [1.29, 1.82) is 0 Å². The summed E-state index contributed by atoms with van der Waals surface area (Å²) < 4.78 is 2.73. The normalized spacial score (nSPS) is 18.7. The zero-order valence-electron chi connectivity index (χ0n) is 12.9. The number of benzene rings is 1. The number of piperazine rings is 1. The first kappa shape index (κ1) is 14.8. The topological polar surface area (TPSA) is 6.48 Å². The molecule has 3 heteroatoms. The molecule has 1 aliphatic heterocycles. The van der Waals surface area contributed by atoms with Gasteiger partial charge < -0.3 is 4.57 Å². The highest BCUT2D eigenvalue weighted by Crippen LogP contribution is 2.16. The average Bonchev–Trinajstić information content (AvgIpc) is 2.39. The largest absolute Gasteiger partial charge is 0.321 e. The third kappa shape index (κ3) is 3.91. The van der Waals surface area contributed by atoms with Gasteiger partial charge in [-0.25, -0.2) is 0 Å². The van der Waals surface area contributed by atoms with Crippen LogP contribution in [-0.4, -0.2) is 43.9 Å². The van der Waals surface area contributed by atoms with Crippen molar-refractivity contribution < 1.29 is 0 Å². The van der Waals surface area contributed by atoms with E-state index in [1.165, 1.54) is 37.3 Å². The van der Waals surface area contributed by atoms with E-state index in [4.69, 9.17) is 0 Å². The lowest BCUT2D eigenvalue weighted by atomic mass is 10.0. The predicted octanol–water partition coefficient (Wildman–Crippen LogP) is 3.20. The highest BCUT2D eigenvalue weighted by atomic mass is 28.3. The highest BCUT2D eigenvalue weighted by molar-refractivity contribution is 6.73. The zero-order valence-corrected chi connectivity index (χ0v) is 13.9. The van der Waals surface area contributed by atoms with Gasteiger partial charge in [-0.05, 0) is 17.5 Å². The molecule has 0 N–H and O–H groups in total. The van der Waals surface area contributed by atoms with Gasteiger partial charge in [0.1, 0.15) is 8.24 Å². The Morgan fingerprint density at radius 1 is 0.947 bits per heavy atom. The van der Waals surface area contributed by atoms with E-state index in [0.29, 0.717) is 0 Å². The molecule has 2 nitrogen and oxygen atoms in total. The molecule has 1 aliphatic rings. The van der Waals surface area contributed by atoms with Crippen LogP contribution >= 0.6 is 0 Å². The number of rotatable bonds is 4. The molecule has 0 saturated carbocycles. The van der Waals surface area contributed by atoms with Crippen LogP contribution in [0.1, 0.15) is 18.1 Å². The minimum atomic E-state index is -1.09. The maximum Gasteiger partial charge on any atom is 0.119 e. The molecule has 1 aromatic carbocycles. The van der Waals surface area contributed by atoms with E-state index in [1.807, 2.05) is 0 Å². The van der Waals surface area contributed by atoms with Gasteiger partial charge in [0.2, 0.25) is 0 Å². The lowest BCUT2D eigenvalue weighted by molar-refractivity contribution is 0.177. The molecule has 1 fully saturated rings. The Kier molecular flexibility index (Phi) is 4.82. The summed E-state index contributed by atoms with van der Waals surface area (Å²) in [6.07, 6.45) is 1.14. The van der Waals surface area contributed by atoms with Crippen LogP contribution in [0.2, 0.25) is 19.6 Å². The van der Waals surface area contributed by atoms with Crippen molar-refractivity contribution >= 4 is 8.24 Å². The Morgan fingerprint density at radius 2 is 1.53 bits per heavy atom. The lowest BCUT2D eigenvalue weighted by Crippen LogP contribution is -2.55. The van der Waals surface area contributed by atoms with Crippen molar-refractivity contribution in [3.8, 4) is 0 Å².